The number of fused-ring (bicyclic) bond motifs is 2. The molecule has 1 aromatic heterocycles. The van der Waals surface area contributed by atoms with Crippen molar-refractivity contribution in [3.05, 3.63) is 95.4 Å². The molecule has 5 heteroatoms. The van der Waals surface area contributed by atoms with Gasteiger partial charge in [0.2, 0.25) is 5.78 Å². The standard InChI is InChI=1S/C26H21NO4/c1-27-15-18(21-5-3-4-6-23(21)27)13-25-26(28)22-12-11-20(14-24(22)31-25)30-16-17-7-9-19(29-2)10-8-17/h3-15H,16H2,1-2H3/b25-13+. The van der Waals surface area contributed by atoms with Crippen LogP contribution < -0.4 is 14.2 Å². The maximum atomic E-state index is 12.8. The van der Waals surface area contributed by atoms with E-state index in [0.29, 0.717) is 29.4 Å². The molecule has 1 aliphatic heterocycles. The molecule has 0 spiro atoms. The number of para-hydroxylation sites is 1. The lowest BCUT2D eigenvalue weighted by molar-refractivity contribution is 0.101. The normalized spacial score (nSPS) is 14.0. The number of aromatic nitrogens is 1. The molecule has 31 heavy (non-hydrogen) atoms. The van der Waals surface area contributed by atoms with Crippen LogP contribution in [-0.2, 0) is 13.7 Å². The van der Waals surface area contributed by atoms with Crippen molar-refractivity contribution < 1.29 is 19.0 Å². The minimum absolute atomic E-state index is 0.121. The highest BCUT2D eigenvalue weighted by Crippen LogP contribution is 2.36. The number of allylic oxidation sites excluding steroid dienone is 1. The van der Waals surface area contributed by atoms with E-state index in [0.717, 1.165) is 27.8 Å². The number of benzene rings is 3. The number of carbonyl (C=O) groups is 1. The predicted octanol–water partition coefficient (Wildman–Crippen LogP) is 5.38. The van der Waals surface area contributed by atoms with Gasteiger partial charge in [-0.25, -0.2) is 0 Å². The average molecular weight is 411 g/mol. The van der Waals surface area contributed by atoms with E-state index < -0.39 is 0 Å². The molecule has 0 aliphatic carbocycles. The molecule has 3 aromatic carbocycles. The molecule has 0 saturated carbocycles. The third kappa shape index (κ3) is 3.55. The molecule has 0 fully saturated rings. The van der Waals surface area contributed by atoms with Gasteiger partial charge in [-0.2, -0.15) is 0 Å². The molecule has 0 radical (unpaired) electrons. The zero-order valence-corrected chi connectivity index (χ0v) is 17.3. The van der Waals surface area contributed by atoms with Crippen LogP contribution >= 0.6 is 0 Å². The van der Waals surface area contributed by atoms with Gasteiger partial charge in [0.1, 0.15) is 23.9 Å². The van der Waals surface area contributed by atoms with Crippen LogP contribution in [-0.4, -0.2) is 17.5 Å². The molecule has 5 nitrogen and oxygen atoms in total. The summed E-state index contributed by atoms with van der Waals surface area (Å²) in [5.41, 5.74) is 3.62. The molecular weight excluding hydrogens is 390 g/mol. The third-order valence-corrected chi connectivity index (χ3v) is 5.42. The Bertz CT molecular complexity index is 1320. The summed E-state index contributed by atoms with van der Waals surface area (Å²) in [7, 11) is 3.63. The lowest BCUT2D eigenvalue weighted by Crippen LogP contribution is -1.98. The number of Topliss-reactive ketones (excluding diaryl/α,β-unsaturated/α-hetero) is 1. The number of ketones is 1. The van der Waals surface area contributed by atoms with Crippen LogP contribution in [0.2, 0.25) is 0 Å². The smallest absolute Gasteiger partial charge is 0.231 e. The quantitative estimate of drug-likeness (QED) is 0.414. The van der Waals surface area contributed by atoms with Crippen molar-refractivity contribution in [1.29, 1.82) is 0 Å². The van der Waals surface area contributed by atoms with Crippen molar-refractivity contribution in [2.24, 2.45) is 7.05 Å². The summed E-state index contributed by atoms with van der Waals surface area (Å²) in [5, 5.41) is 1.08. The molecule has 0 saturated heterocycles. The Morgan fingerprint density at radius 1 is 1.00 bits per heavy atom. The molecule has 0 bridgehead atoms. The number of methoxy groups -OCH3 is 1. The zero-order valence-electron chi connectivity index (χ0n) is 17.3. The van der Waals surface area contributed by atoms with Gasteiger partial charge in [-0.1, -0.05) is 30.3 Å². The second-order valence-corrected chi connectivity index (χ2v) is 7.45. The largest absolute Gasteiger partial charge is 0.497 e. The van der Waals surface area contributed by atoms with Crippen LogP contribution in [0.1, 0.15) is 21.5 Å². The number of carbonyl (C=O) groups excluding carboxylic acids is 1. The van der Waals surface area contributed by atoms with Crippen molar-refractivity contribution in [2.75, 3.05) is 7.11 Å². The highest BCUT2D eigenvalue weighted by Gasteiger charge is 2.28. The molecule has 154 valence electrons. The van der Waals surface area contributed by atoms with Gasteiger partial charge in [0.25, 0.3) is 0 Å². The monoisotopic (exact) mass is 411 g/mol. The van der Waals surface area contributed by atoms with E-state index in [2.05, 4.69) is 6.07 Å². The first-order chi connectivity index (χ1) is 15.1. The molecule has 0 unspecified atom stereocenters. The summed E-state index contributed by atoms with van der Waals surface area (Å²) in [6, 6.07) is 21.1. The van der Waals surface area contributed by atoms with Gasteiger partial charge in [0.15, 0.2) is 5.76 Å². The van der Waals surface area contributed by atoms with Gasteiger partial charge in [0.05, 0.1) is 12.7 Å². The fourth-order valence-electron chi connectivity index (χ4n) is 3.77. The Kier molecular flexibility index (Phi) is 4.71. The van der Waals surface area contributed by atoms with Crippen molar-refractivity contribution in [3.8, 4) is 17.2 Å². The van der Waals surface area contributed by atoms with E-state index in [4.69, 9.17) is 14.2 Å². The molecular formula is C26H21NO4. The van der Waals surface area contributed by atoms with Crippen LogP contribution in [0.4, 0.5) is 0 Å². The first-order valence-corrected chi connectivity index (χ1v) is 10.0. The molecule has 1 aliphatic rings. The highest BCUT2D eigenvalue weighted by atomic mass is 16.5. The van der Waals surface area contributed by atoms with Crippen molar-refractivity contribution in [1.82, 2.24) is 4.57 Å². The number of hydrogen-bond donors (Lipinski definition) is 0. The van der Waals surface area contributed by atoms with Crippen LogP contribution in [0.15, 0.2) is 78.7 Å². The van der Waals surface area contributed by atoms with Gasteiger partial charge < -0.3 is 18.8 Å². The molecule has 0 atom stereocenters. The van der Waals surface area contributed by atoms with Gasteiger partial charge in [-0.05, 0) is 42.0 Å². The number of rotatable bonds is 5. The first kappa shape index (κ1) is 19.0. The van der Waals surface area contributed by atoms with Crippen molar-refractivity contribution in [3.63, 3.8) is 0 Å². The lowest BCUT2D eigenvalue weighted by Gasteiger charge is -2.08. The summed E-state index contributed by atoms with van der Waals surface area (Å²) in [6.45, 7) is 0.412. The zero-order chi connectivity index (χ0) is 21.4. The minimum Gasteiger partial charge on any atom is -0.497 e. The Morgan fingerprint density at radius 3 is 2.58 bits per heavy atom. The van der Waals surface area contributed by atoms with E-state index in [1.807, 2.05) is 66.4 Å². The van der Waals surface area contributed by atoms with Gasteiger partial charge in [-0.3, -0.25) is 4.79 Å². The molecule has 5 rings (SSSR count). The molecule has 2 heterocycles. The topological polar surface area (TPSA) is 49.7 Å². The third-order valence-electron chi connectivity index (χ3n) is 5.42. The summed E-state index contributed by atoms with van der Waals surface area (Å²) in [6.07, 6.45) is 3.81. The SMILES string of the molecule is COc1ccc(COc2ccc3c(c2)O/C(=C/c2cn(C)c4ccccc24)C3=O)cc1. The van der Waals surface area contributed by atoms with Crippen LogP contribution in [0.25, 0.3) is 17.0 Å². The first-order valence-electron chi connectivity index (χ1n) is 10.0. The molecule has 4 aromatic rings. The Labute approximate surface area is 180 Å². The second-order valence-electron chi connectivity index (χ2n) is 7.45. The maximum Gasteiger partial charge on any atom is 0.231 e. The van der Waals surface area contributed by atoms with E-state index in [1.54, 1.807) is 25.3 Å². The minimum atomic E-state index is -0.121. The Hall–Kier alpha value is -3.99. The van der Waals surface area contributed by atoms with Gasteiger partial charge in [0, 0.05) is 35.8 Å². The van der Waals surface area contributed by atoms with E-state index in [9.17, 15) is 4.79 Å². The summed E-state index contributed by atoms with van der Waals surface area (Å²) in [4.78, 5) is 12.8. The van der Waals surface area contributed by atoms with Gasteiger partial charge >= 0.3 is 0 Å². The van der Waals surface area contributed by atoms with Crippen molar-refractivity contribution >= 4 is 22.8 Å². The van der Waals surface area contributed by atoms with Gasteiger partial charge in [-0.15, -0.1) is 0 Å². The van der Waals surface area contributed by atoms with Crippen LogP contribution in [0.5, 0.6) is 17.2 Å². The highest BCUT2D eigenvalue weighted by molar-refractivity contribution is 6.15. The molecule has 0 amide bonds. The number of ether oxygens (including phenoxy) is 3. The summed E-state index contributed by atoms with van der Waals surface area (Å²) < 4.78 is 19.0. The fraction of sp³-hybridized carbons (Fsp3) is 0.115. The second kappa shape index (κ2) is 7.69. The number of aryl methyl sites for hydroxylation is 1. The average Bonchev–Trinajstić information content (AvgIpc) is 3.29. The Balaban J connectivity index is 1.36. The molecule has 0 N–H and O–H groups in total. The predicted molar refractivity (Wildman–Crippen MR) is 120 cm³/mol. The van der Waals surface area contributed by atoms with E-state index in [-0.39, 0.29) is 5.78 Å². The summed E-state index contributed by atoms with van der Waals surface area (Å²) in [5.74, 6) is 2.17. The van der Waals surface area contributed by atoms with Crippen LogP contribution in [0.3, 0.4) is 0 Å². The van der Waals surface area contributed by atoms with E-state index in [1.165, 1.54) is 0 Å². The lowest BCUT2D eigenvalue weighted by atomic mass is 10.1. The van der Waals surface area contributed by atoms with Crippen LogP contribution in [0, 0.1) is 0 Å². The number of nitrogens with zero attached hydrogens (tertiary/aromatic N) is 1. The van der Waals surface area contributed by atoms with E-state index >= 15 is 0 Å². The fourth-order valence-corrected chi connectivity index (χ4v) is 3.77. The summed E-state index contributed by atoms with van der Waals surface area (Å²) >= 11 is 0. The Morgan fingerprint density at radius 2 is 1.77 bits per heavy atom. The maximum absolute atomic E-state index is 12.8. The number of hydrogen-bond acceptors (Lipinski definition) is 4. The van der Waals surface area contributed by atoms with Crippen molar-refractivity contribution in [2.45, 2.75) is 6.61 Å².